The van der Waals surface area contributed by atoms with E-state index < -0.39 is 23.6 Å². The zero-order chi connectivity index (χ0) is 19.6. The number of pyridine rings is 1. The van der Waals surface area contributed by atoms with Crippen molar-refractivity contribution in [2.45, 2.75) is 19.9 Å². The molecule has 140 valence electrons. The third-order valence-electron chi connectivity index (χ3n) is 3.98. The van der Waals surface area contributed by atoms with Gasteiger partial charge in [-0.15, -0.1) is 0 Å². The number of benzene rings is 1. The summed E-state index contributed by atoms with van der Waals surface area (Å²) in [6, 6.07) is 5.62. The molecule has 0 fully saturated rings. The topological polar surface area (TPSA) is 63.6 Å². The number of allylic oxidation sites excluding steroid dienone is 1. The number of amidine groups is 1. The Balaban J connectivity index is 2.15. The molecule has 2 aromatic rings. The lowest BCUT2D eigenvalue weighted by atomic mass is 9.95. The molecule has 0 saturated carbocycles. The molecule has 1 atom stereocenters. The molecular weight excluding hydrogens is 376 g/mol. The number of carbonyl (C=O) groups is 1. The number of ether oxygens (including phenoxy) is 1. The van der Waals surface area contributed by atoms with Gasteiger partial charge in [-0.25, -0.2) is 18.6 Å². The van der Waals surface area contributed by atoms with Crippen LogP contribution in [0.4, 0.5) is 8.78 Å². The van der Waals surface area contributed by atoms with Crippen molar-refractivity contribution in [3.63, 3.8) is 0 Å². The SMILES string of the molecule is CCOC(=O)C1=C(C)NC(c2ncccc2F)=N[C@@H]1c1ccc(F)cc1Cl. The van der Waals surface area contributed by atoms with Crippen molar-refractivity contribution in [2.24, 2.45) is 4.99 Å². The highest BCUT2D eigenvalue weighted by molar-refractivity contribution is 6.31. The van der Waals surface area contributed by atoms with Gasteiger partial charge in [0, 0.05) is 22.5 Å². The standard InChI is InChI=1S/C19H16ClF2N3O2/c1-3-27-19(26)15-10(2)24-18(17-14(22)5-4-8-23-17)25-16(15)12-7-6-11(21)9-13(12)20/h4-9,16H,3H2,1-2H3,(H,24,25)/t16-/m1/s1. The Bertz CT molecular complexity index is 960. The second kappa shape index (κ2) is 7.84. The molecule has 5 nitrogen and oxygen atoms in total. The molecule has 1 N–H and O–H groups in total. The van der Waals surface area contributed by atoms with Crippen LogP contribution in [-0.4, -0.2) is 23.4 Å². The summed E-state index contributed by atoms with van der Waals surface area (Å²) >= 11 is 6.19. The first-order valence-electron chi connectivity index (χ1n) is 8.21. The second-order valence-corrected chi connectivity index (χ2v) is 6.17. The largest absolute Gasteiger partial charge is 0.463 e. The van der Waals surface area contributed by atoms with Crippen LogP contribution >= 0.6 is 11.6 Å². The molecule has 0 saturated heterocycles. The smallest absolute Gasteiger partial charge is 0.338 e. The van der Waals surface area contributed by atoms with Crippen LogP contribution in [0.5, 0.6) is 0 Å². The van der Waals surface area contributed by atoms with Gasteiger partial charge < -0.3 is 10.1 Å². The minimum atomic E-state index is -0.894. The summed E-state index contributed by atoms with van der Waals surface area (Å²) in [4.78, 5) is 20.9. The predicted molar refractivity (Wildman–Crippen MR) is 97.4 cm³/mol. The lowest BCUT2D eigenvalue weighted by Gasteiger charge is -2.26. The van der Waals surface area contributed by atoms with Crippen molar-refractivity contribution in [3.05, 3.63) is 75.7 Å². The Kier molecular flexibility index (Phi) is 5.51. The number of aliphatic imine (C=N–C) groups is 1. The fourth-order valence-corrected chi connectivity index (χ4v) is 3.05. The van der Waals surface area contributed by atoms with Gasteiger partial charge in [-0.3, -0.25) is 4.99 Å². The highest BCUT2D eigenvalue weighted by Crippen LogP contribution is 2.36. The average Bonchev–Trinajstić information content (AvgIpc) is 2.61. The van der Waals surface area contributed by atoms with E-state index in [2.05, 4.69) is 15.3 Å². The first-order valence-corrected chi connectivity index (χ1v) is 8.58. The van der Waals surface area contributed by atoms with E-state index in [-0.39, 0.29) is 28.7 Å². The van der Waals surface area contributed by atoms with E-state index in [1.54, 1.807) is 13.8 Å². The Morgan fingerprint density at radius 1 is 1.33 bits per heavy atom. The zero-order valence-corrected chi connectivity index (χ0v) is 15.3. The summed E-state index contributed by atoms with van der Waals surface area (Å²) in [5.41, 5.74) is 1.04. The highest BCUT2D eigenvalue weighted by atomic mass is 35.5. The molecule has 0 radical (unpaired) electrons. The van der Waals surface area contributed by atoms with E-state index in [1.807, 2.05) is 0 Å². The fourth-order valence-electron chi connectivity index (χ4n) is 2.78. The van der Waals surface area contributed by atoms with Crippen LogP contribution in [0.3, 0.4) is 0 Å². The van der Waals surface area contributed by atoms with E-state index in [4.69, 9.17) is 16.3 Å². The number of aromatic nitrogens is 1. The van der Waals surface area contributed by atoms with Crippen LogP contribution in [-0.2, 0) is 9.53 Å². The first-order chi connectivity index (χ1) is 12.9. The predicted octanol–water partition coefficient (Wildman–Crippen LogP) is 3.94. The van der Waals surface area contributed by atoms with Crippen LogP contribution in [0.1, 0.15) is 31.1 Å². The maximum atomic E-state index is 14.2. The van der Waals surface area contributed by atoms with Gasteiger partial charge in [0.05, 0.1) is 12.2 Å². The van der Waals surface area contributed by atoms with Gasteiger partial charge in [0.15, 0.2) is 11.7 Å². The third-order valence-corrected chi connectivity index (χ3v) is 4.30. The molecule has 0 spiro atoms. The van der Waals surface area contributed by atoms with Crippen molar-refractivity contribution in [1.82, 2.24) is 10.3 Å². The molecule has 27 heavy (non-hydrogen) atoms. The molecule has 1 aliphatic heterocycles. The molecule has 1 aromatic carbocycles. The summed E-state index contributed by atoms with van der Waals surface area (Å²) in [6.07, 6.45) is 1.43. The summed E-state index contributed by atoms with van der Waals surface area (Å²) in [5, 5.41) is 3.00. The van der Waals surface area contributed by atoms with E-state index in [0.717, 1.165) is 6.07 Å². The molecule has 1 aliphatic rings. The summed E-state index contributed by atoms with van der Waals surface area (Å²) < 4.78 is 32.8. The van der Waals surface area contributed by atoms with Crippen LogP contribution in [0, 0.1) is 11.6 Å². The van der Waals surface area contributed by atoms with Crippen molar-refractivity contribution in [3.8, 4) is 0 Å². The Labute approximate surface area is 159 Å². The van der Waals surface area contributed by atoms with Gasteiger partial charge >= 0.3 is 5.97 Å². The van der Waals surface area contributed by atoms with E-state index in [0.29, 0.717) is 11.3 Å². The number of nitrogens with one attached hydrogen (secondary N) is 1. The van der Waals surface area contributed by atoms with Gasteiger partial charge in [-0.05, 0) is 38.1 Å². The quantitative estimate of drug-likeness (QED) is 0.802. The number of halogens is 3. The van der Waals surface area contributed by atoms with Crippen LogP contribution in [0.15, 0.2) is 52.8 Å². The first kappa shape index (κ1) is 19.0. The van der Waals surface area contributed by atoms with Gasteiger partial charge in [-0.2, -0.15) is 0 Å². The lowest BCUT2D eigenvalue weighted by molar-refractivity contribution is -0.138. The number of hydrogen-bond donors (Lipinski definition) is 1. The van der Waals surface area contributed by atoms with Gasteiger partial charge in [0.25, 0.3) is 0 Å². The molecule has 2 heterocycles. The molecule has 3 rings (SSSR count). The number of esters is 1. The van der Waals surface area contributed by atoms with Crippen molar-refractivity contribution in [2.75, 3.05) is 6.61 Å². The van der Waals surface area contributed by atoms with Gasteiger partial charge in [-0.1, -0.05) is 17.7 Å². The maximum absolute atomic E-state index is 14.2. The lowest BCUT2D eigenvalue weighted by Crippen LogP contribution is -2.34. The molecule has 8 heteroatoms. The summed E-state index contributed by atoms with van der Waals surface area (Å²) in [6.45, 7) is 3.50. The van der Waals surface area contributed by atoms with Crippen molar-refractivity contribution in [1.29, 1.82) is 0 Å². The number of rotatable bonds is 4. The maximum Gasteiger partial charge on any atom is 0.338 e. The molecule has 1 aromatic heterocycles. The number of nitrogens with zero attached hydrogens (tertiary/aromatic N) is 2. The van der Waals surface area contributed by atoms with Gasteiger partial charge in [0.1, 0.15) is 17.6 Å². The molecule has 0 unspecified atom stereocenters. The highest BCUT2D eigenvalue weighted by Gasteiger charge is 2.32. The Morgan fingerprint density at radius 3 is 2.78 bits per heavy atom. The minimum Gasteiger partial charge on any atom is -0.463 e. The van der Waals surface area contributed by atoms with Crippen LogP contribution in [0.25, 0.3) is 0 Å². The average molecular weight is 392 g/mol. The van der Waals surface area contributed by atoms with Crippen molar-refractivity contribution < 1.29 is 18.3 Å². The van der Waals surface area contributed by atoms with E-state index in [9.17, 15) is 13.6 Å². The number of hydrogen-bond acceptors (Lipinski definition) is 5. The summed E-state index contributed by atoms with van der Waals surface area (Å²) in [7, 11) is 0. The monoisotopic (exact) mass is 391 g/mol. The molecular formula is C19H16ClF2N3O2. The fraction of sp³-hybridized carbons (Fsp3) is 0.211. The Morgan fingerprint density at radius 2 is 2.11 bits per heavy atom. The van der Waals surface area contributed by atoms with Crippen LogP contribution in [0.2, 0.25) is 5.02 Å². The van der Waals surface area contributed by atoms with Crippen molar-refractivity contribution >= 4 is 23.4 Å². The molecule has 0 aliphatic carbocycles. The molecule has 0 bridgehead atoms. The van der Waals surface area contributed by atoms with E-state index in [1.165, 1.54) is 30.5 Å². The van der Waals surface area contributed by atoms with Gasteiger partial charge in [0.2, 0.25) is 0 Å². The zero-order valence-electron chi connectivity index (χ0n) is 14.6. The molecule has 0 amide bonds. The second-order valence-electron chi connectivity index (χ2n) is 5.76. The Hall–Kier alpha value is -2.80. The third kappa shape index (κ3) is 3.83. The minimum absolute atomic E-state index is 0.00277. The van der Waals surface area contributed by atoms with E-state index >= 15 is 0 Å². The summed E-state index contributed by atoms with van der Waals surface area (Å²) in [5.74, 6) is -1.53. The van der Waals surface area contributed by atoms with Crippen LogP contribution < -0.4 is 5.32 Å². The number of carbonyl (C=O) groups excluding carboxylic acids is 1. The normalized spacial score (nSPS) is 16.6.